The van der Waals surface area contributed by atoms with Crippen molar-refractivity contribution in [3.63, 3.8) is 0 Å². The van der Waals surface area contributed by atoms with Crippen molar-refractivity contribution in [2.45, 2.75) is 13.5 Å². The van der Waals surface area contributed by atoms with E-state index in [-0.39, 0.29) is 12.5 Å². The highest BCUT2D eigenvalue weighted by Gasteiger charge is 2.24. The first-order chi connectivity index (χ1) is 10.5. The molecule has 22 heavy (non-hydrogen) atoms. The third kappa shape index (κ3) is 3.01. The Morgan fingerprint density at radius 1 is 1.14 bits per heavy atom. The van der Waals surface area contributed by atoms with E-state index in [1.54, 1.807) is 17.0 Å². The molecule has 1 aliphatic rings. The average molecular weight is 333 g/mol. The molecule has 3 rings (SSSR count). The number of amides is 1. The van der Waals surface area contributed by atoms with Gasteiger partial charge in [0.1, 0.15) is 11.7 Å². The van der Waals surface area contributed by atoms with Gasteiger partial charge >= 0.3 is 0 Å². The summed E-state index contributed by atoms with van der Waals surface area (Å²) in [6.07, 6.45) is 0. The highest BCUT2D eigenvalue weighted by molar-refractivity contribution is 6.70. The Hall–Kier alpha value is -1.84. The van der Waals surface area contributed by atoms with Crippen molar-refractivity contribution in [1.29, 1.82) is 0 Å². The summed E-state index contributed by atoms with van der Waals surface area (Å²) in [5.74, 6) is -0.0835. The van der Waals surface area contributed by atoms with E-state index < -0.39 is 0 Å². The van der Waals surface area contributed by atoms with E-state index in [0.29, 0.717) is 22.3 Å². The van der Waals surface area contributed by atoms with Crippen LogP contribution in [0.1, 0.15) is 16.7 Å². The summed E-state index contributed by atoms with van der Waals surface area (Å²) in [5.41, 5.74) is 3.66. The number of benzene rings is 2. The van der Waals surface area contributed by atoms with Gasteiger partial charge in [0.05, 0.1) is 12.2 Å². The van der Waals surface area contributed by atoms with Gasteiger partial charge in [-0.25, -0.2) is 0 Å². The van der Waals surface area contributed by atoms with Gasteiger partial charge in [-0.15, -0.1) is 0 Å². The molecule has 0 atom stereocenters. The van der Waals surface area contributed by atoms with Crippen LogP contribution in [0.3, 0.4) is 0 Å². The van der Waals surface area contributed by atoms with Gasteiger partial charge in [-0.3, -0.25) is 9.79 Å². The Bertz CT molecular complexity index is 754. The van der Waals surface area contributed by atoms with Crippen LogP contribution < -0.4 is 4.90 Å². The number of carbonyl (C=O) groups excluding carboxylic acids is 1. The molecule has 2 aromatic rings. The molecular weight excluding hydrogens is 319 g/mol. The van der Waals surface area contributed by atoms with Gasteiger partial charge < -0.3 is 4.90 Å². The third-order valence-electron chi connectivity index (χ3n) is 3.59. The van der Waals surface area contributed by atoms with Crippen LogP contribution in [-0.2, 0) is 11.3 Å². The second-order valence-electron chi connectivity index (χ2n) is 5.23. The van der Waals surface area contributed by atoms with Crippen LogP contribution in [0.2, 0.25) is 5.02 Å². The smallest absolute Gasteiger partial charge is 0.249 e. The van der Waals surface area contributed by atoms with Gasteiger partial charge in [0, 0.05) is 10.6 Å². The summed E-state index contributed by atoms with van der Waals surface area (Å²) in [4.78, 5) is 18.2. The first kappa shape index (κ1) is 15.1. The van der Waals surface area contributed by atoms with Crippen LogP contribution in [0, 0.1) is 6.92 Å². The average Bonchev–Trinajstić information content (AvgIpc) is 2.62. The Balaban J connectivity index is 2.02. The molecule has 112 valence electrons. The molecule has 0 fully saturated rings. The maximum atomic E-state index is 12.4. The lowest BCUT2D eigenvalue weighted by atomic mass is 10.1. The summed E-state index contributed by atoms with van der Waals surface area (Å²) >= 11 is 12.2. The molecule has 0 saturated carbocycles. The highest BCUT2D eigenvalue weighted by atomic mass is 35.5. The van der Waals surface area contributed by atoms with Crippen LogP contribution in [0.25, 0.3) is 0 Å². The largest absolute Gasteiger partial charge is 0.306 e. The molecule has 0 aliphatic carbocycles. The number of aliphatic imine (C=N–C) groups is 1. The predicted molar refractivity (Wildman–Crippen MR) is 91.1 cm³/mol. The predicted octanol–water partition coefficient (Wildman–Crippen LogP) is 4.18. The molecule has 0 radical (unpaired) electrons. The van der Waals surface area contributed by atoms with E-state index in [9.17, 15) is 4.79 Å². The van der Waals surface area contributed by atoms with Crippen molar-refractivity contribution in [3.05, 3.63) is 64.2 Å². The van der Waals surface area contributed by atoms with Crippen LogP contribution in [0.15, 0.2) is 47.5 Å². The number of fused-ring (bicyclic) bond motifs is 1. The normalized spacial score (nSPS) is 14.4. The van der Waals surface area contributed by atoms with Gasteiger partial charge in [0.2, 0.25) is 5.91 Å². The standard InChI is InChI=1S/C17H14Cl2N2O/c1-11-2-4-12(5-3-11)10-21-15-7-6-13(18)8-14(15)17(19)20-9-16(21)22/h2-8H,9-10H2,1H3. The van der Waals surface area contributed by atoms with E-state index in [1.807, 2.05) is 37.3 Å². The van der Waals surface area contributed by atoms with Crippen molar-refractivity contribution in [1.82, 2.24) is 0 Å². The summed E-state index contributed by atoms with van der Waals surface area (Å²) in [6, 6.07) is 13.4. The monoisotopic (exact) mass is 332 g/mol. The Morgan fingerprint density at radius 3 is 2.59 bits per heavy atom. The van der Waals surface area contributed by atoms with Crippen molar-refractivity contribution >= 4 is 40.0 Å². The lowest BCUT2D eigenvalue weighted by Gasteiger charge is -2.23. The molecule has 3 nitrogen and oxygen atoms in total. The van der Waals surface area contributed by atoms with Gasteiger partial charge in [0.15, 0.2) is 0 Å². The molecule has 1 heterocycles. The molecule has 0 N–H and O–H groups in total. The van der Waals surface area contributed by atoms with Gasteiger partial charge in [-0.1, -0.05) is 53.0 Å². The minimum Gasteiger partial charge on any atom is -0.306 e. The van der Waals surface area contributed by atoms with Gasteiger partial charge in [-0.2, -0.15) is 0 Å². The highest BCUT2D eigenvalue weighted by Crippen LogP contribution is 2.29. The summed E-state index contributed by atoms with van der Waals surface area (Å²) in [7, 11) is 0. The summed E-state index contributed by atoms with van der Waals surface area (Å²) < 4.78 is 0. The van der Waals surface area contributed by atoms with Crippen LogP contribution in [0.5, 0.6) is 0 Å². The quantitative estimate of drug-likeness (QED) is 0.811. The molecule has 1 amide bonds. The lowest BCUT2D eigenvalue weighted by Crippen LogP contribution is -2.31. The van der Waals surface area contributed by atoms with Crippen molar-refractivity contribution in [2.24, 2.45) is 4.99 Å². The van der Waals surface area contributed by atoms with Crippen LogP contribution in [0.4, 0.5) is 5.69 Å². The maximum Gasteiger partial charge on any atom is 0.249 e. The summed E-state index contributed by atoms with van der Waals surface area (Å²) in [5, 5.41) is 0.883. The van der Waals surface area contributed by atoms with Crippen LogP contribution >= 0.6 is 23.2 Å². The fourth-order valence-electron chi connectivity index (χ4n) is 2.40. The van der Waals surface area contributed by atoms with Gasteiger partial charge in [0.25, 0.3) is 0 Å². The van der Waals surface area contributed by atoms with E-state index >= 15 is 0 Å². The maximum absolute atomic E-state index is 12.4. The number of carbonyl (C=O) groups is 1. The van der Waals surface area contributed by atoms with E-state index in [1.165, 1.54) is 5.56 Å². The van der Waals surface area contributed by atoms with Gasteiger partial charge in [-0.05, 0) is 30.7 Å². The fourth-order valence-corrected chi connectivity index (χ4v) is 2.78. The molecule has 0 saturated heterocycles. The Morgan fingerprint density at radius 2 is 1.86 bits per heavy atom. The first-order valence-electron chi connectivity index (χ1n) is 6.90. The topological polar surface area (TPSA) is 32.7 Å². The molecular formula is C17H14Cl2N2O. The minimum absolute atomic E-state index is 0.0387. The first-order valence-corrected chi connectivity index (χ1v) is 7.66. The molecule has 1 aliphatic heterocycles. The lowest BCUT2D eigenvalue weighted by molar-refractivity contribution is -0.117. The zero-order chi connectivity index (χ0) is 15.7. The third-order valence-corrected chi connectivity index (χ3v) is 4.15. The molecule has 0 bridgehead atoms. The second kappa shape index (κ2) is 6.11. The van der Waals surface area contributed by atoms with Crippen molar-refractivity contribution in [2.75, 3.05) is 11.4 Å². The molecule has 2 aromatic carbocycles. The number of halogens is 2. The van der Waals surface area contributed by atoms with E-state index in [2.05, 4.69) is 4.99 Å². The number of hydrogen-bond acceptors (Lipinski definition) is 2. The molecule has 0 unspecified atom stereocenters. The zero-order valence-corrected chi connectivity index (χ0v) is 13.5. The Labute approximate surface area is 139 Å². The van der Waals surface area contributed by atoms with Crippen molar-refractivity contribution < 1.29 is 4.79 Å². The number of aryl methyl sites for hydroxylation is 1. The van der Waals surface area contributed by atoms with Crippen LogP contribution in [-0.4, -0.2) is 17.6 Å². The molecule has 5 heteroatoms. The number of anilines is 1. The van der Waals surface area contributed by atoms with E-state index in [4.69, 9.17) is 23.2 Å². The zero-order valence-electron chi connectivity index (χ0n) is 12.0. The minimum atomic E-state index is -0.0835. The van der Waals surface area contributed by atoms with Crippen molar-refractivity contribution in [3.8, 4) is 0 Å². The fraction of sp³-hybridized carbons (Fsp3) is 0.176. The molecule has 0 aromatic heterocycles. The number of benzodiazepines with no additional fused rings is 1. The number of hydrogen-bond donors (Lipinski definition) is 0. The summed E-state index contributed by atoms with van der Waals surface area (Å²) in [6.45, 7) is 2.55. The SMILES string of the molecule is Cc1ccc(CN2C(=O)CN=C(Cl)c3cc(Cl)ccc32)cc1. The molecule has 0 spiro atoms. The Kier molecular flexibility index (Phi) is 4.19. The number of rotatable bonds is 2. The van der Waals surface area contributed by atoms with E-state index in [0.717, 1.165) is 11.3 Å². The number of nitrogens with zero attached hydrogens (tertiary/aromatic N) is 2. The second-order valence-corrected chi connectivity index (χ2v) is 6.03.